The van der Waals surface area contributed by atoms with Crippen molar-refractivity contribution >= 4 is 17.8 Å². The molecule has 1 N–H and O–H groups in total. The summed E-state index contributed by atoms with van der Waals surface area (Å²) in [6.45, 7) is 0.311. The first-order chi connectivity index (χ1) is 12.2. The number of hydrogen-bond acceptors (Lipinski definition) is 5. The molecule has 6 nitrogen and oxygen atoms in total. The van der Waals surface area contributed by atoms with Gasteiger partial charge in [0.2, 0.25) is 0 Å². The molecule has 0 spiro atoms. The van der Waals surface area contributed by atoms with E-state index in [1.807, 2.05) is 0 Å². The van der Waals surface area contributed by atoms with Gasteiger partial charge >= 0.3 is 42.0 Å². The Hall–Kier alpha value is -2.29. The minimum Gasteiger partial charge on any atom is -0.461 e. The quantitative estimate of drug-likeness (QED) is 0.487. The van der Waals surface area contributed by atoms with Crippen molar-refractivity contribution in [3.63, 3.8) is 0 Å². The van der Waals surface area contributed by atoms with E-state index in [4.69, 9.17) is 0 Å². The number of amides is 1. The van der Waals surface area contributed by atoms with Crippen LogP contribution in [0, 0.1) is 0 Å². The maximum absolute atomic E-state index is 12.9. The van der Waals surface area contributed by atoms with E-state index >= 15 is 0 Å². The summed E-state index contributed by atoms with van der Waals surface area (Å²) in [7, 11) is 0. The molecule has 0 aromatic rings. The highest BCUT2D eigenvalue weighted by atomic mass is 19.4. The van der Waals surface area contributed by atoms with Crippen LogP contribution in [0.25, 0.3) is 0 Å². The summed E-state index contributed by atoms with van der Waals surface area (Å²) >= 11 is 0. The van der Waals surface area contributed by atoms with Crippen LogP contribution in [0.3, 0.4) is 0 Å². The van der Waals surface area contributed by atoms with Gasteiger partial charge in [0.1, 0.15) is 6.61 Å². The number of alkyl halides is 10. The number of carbonyl (C=O) groups excluding carboxylic acids is 3. The summed E-state index contributed by atoms with van der Waals surface area (Å²) in [6, 6.07) is -2.74. The summed E-state index contributed by atoms with van der Waals surface area (Å²) in [5.41, 5.74) is 0. The van der Waals surface area contributed by atoms with Gasteiger partial charge < -0.3 is 14.8 Å². The first-order valence-electron chi connectivity index (χ1n) is 6.83. The van der Waals surface area contributed by atoms with E-state index in [1.165, 1.54) is 0 Å². The van der Waals surface area contributed by atoms with Gasteiger partial charge in [-0.1, -0.05) is 0 Å². The molecule has 0 aromatic heterocycles. The molecule has 0 rings (SSSR count). The van der Waals surface area contributed by atoms with Crippen molar-refractivity contribution in [3.05, 3.63) is 0 Å². The third-order valence-corrected chi connectivity index (χ3v) is 2.58. The molecule has 0 aliphatic heterocycles. The number of halogens is 10. The predicted octanol–water partition coefficient (Wildman–Crippen LogP) is 2.36. The van der Waals surface area contributed by atoms with Crippen molar-refractivity contribution < 1.29 is 67.8 Å². The zero-order valence-electron chi connectivity index (χ0n) is 13.7. The molecule has 1 amide bonds. The standard InChI is InChI=1S/C12H11F10NO5/c1-4(2)28-6(24)5(23-7(25)9(13,14)11(17,18)19)3-27-8(26)10(15,16)12(20,21)22/h4-5H,3H2,1-2H3,(H,23,25)/t5-/m0/s1. The summed E-state index contributed by atoms with van der Waals surface area (Å²) < 4.78 is 131. The maximum atomic E-state index is 12.9. The van der Waals surface area contributed by atoms with Crippen LogP contribution in [0.1, 0.15) is 13.8 Å². The predicted molar refractivity (Wildman–Crippen MR) is 66.1 cm³/mol. The maximum Gasteiger partial charge on any atom is 0.465 e. The van der Waals surface area contributed by atoms with Crippen molar-refractivity contribution in [2.24, 2.45) is 0 Å². The highest BCUT2D eigenvalue weighted by Gasteiger charge is 2.65. The molecular formula is C12H11F10NO5. The van der Waals surface area contributed by atoms with E-state index in [2.05, 4.69) is 9.47 Å². The van der Waals surface area contributed by atoms with Gasteiger partial charge in [0, 0.05) is 0 Å². The molecule has 0 saturated carbocycles. The molecule has 28 heavy (non-hydrogen) atoms. The minimum absolute atomic E-state index is 0.728. The topological polar surface area (TPSA) is 81.7 Å². The van der Waals surface area contributed by atoms with E-state index in [0.29, 0.717) is 0 Å². The van der Waals surface area contributed by atoms with Crippen LogP contribution in [0.2, 0.25) is 0 Å². The second kappa shape index (κ2) is 8.38. The number of esters is 2. The number of rotatable bonds is 7. The Labute approximate surface area is 149 Å². The third-order valence-electron chi connectivity index (χ3n) is 2.58. The van der Waals surface area contributed by atoms with Gasteiger partial charge in [-0.2, -0.15) is 43.9 Å². The fourth-order valence-electron chi connectivity index (χ4n) is 1.23. The SMILES string of the molecule is CC(C)OC(=O)[C@H](COC(=O)C(F)(F)C(F)(F)F)NC(=O)C(F)(F)C(F)(F)F. The lowest BCUT2D eigenvalue weighted by atomic mass is 10.2. The van der Waals surface area contributed by atoms with Gasteiger partial charge in [0.05, 0.1) is 6.10 Å². The summed E-state index contributed by atoms with van der Waals surface area (Å²) in [5.74, 6) is -20.4. The molecule has 0 unspecified atom stereocenters. The molecular weight excluding hydrogens is 428 g/mol. The average molecular weight is 439 g/mol. The smallest absolute Gasteiger partial charge is 0.461 e. The first kappa shape index (κ1) is 25.7. The Morgan fingerprint density at radius 2 is 1.25 bits per heavy atom. The molecule has 0 heterocycles. The van der Waals surface area contributed by atoms with Crippen molar-refractivity contribution in [3.8, 4) is 0 Å². The molecule has 16 heteroatoms. The van der Waals surface area contributed by atoms with Gasteiger partial charge in [0.25, 0.3) is 0 Å². The lowest BCUT2D eigenvalue weighted by molar-refractivity contribution is -0.280. The second-order valence-corrected chi connectivity index (χ2v) is 5.25. The second-order valence-electron chi connectivity index (χ2n) is 5.25. The molecule has 0 fully saturated rings. The monoisotopic (exact) mass is 439 g/mol. The zero-order valence-corrected chi connectivity index (χ0v) is 13.7. The third kappa shape index (κ3) is 6.12. The van der Waals surface area contributed by atoms with E-state index in [-0.39, 0.29) is 0 Å². The molecule has 164 valence electrons. The lowest BCUT2D eigenvalue weighted by Crippen LogP contribution is -2.56. The van der Waals surface area contributed by atoms with Crippen molar-refractivity contribution in [1.29, 1.82) is 0 Å². The van der Waals surface area contributed by atoms with Gasteiger partial charge in [-0.05, 0) is 13.8 Å². The molecule has 1 atom stereocenters. The Morgan fingerprint density at radius 1 is 0.821 bits per heavy atom. The normalized spacial score (nSPS) is 14.5. The number of nitrogens with one attached hydrogen (secondary N) is 1. The van der Waals surface area contributed by atoms with Crippen LogP contribution in [-0.2, 0) is 23.9 Å². The highest BCUT2D eigenvalue weighted by Crippen LogP contribution is 2.37. The largest absolute Gasteiger partial charge is 0.465 e. The van der Waals surface area contributed by atoms with Crippen LogP contribution >= 0.6 is 0 Å². The molecule has 0 radical (unpaired) electrons. The van der Waals surface area contributed by atoms with Crippen LogP contribution in [-0.4, -0.2) is 60.8 Å². The fraction of sp³-hybridized carbons (Fsp3) is 0.750. The van der Waals surface area contributed by atoms with Gasteiger partial charge in [0.15, 0.2) is 6.04 Å². The Kier molecular flexibility index (Phi) is 7.70. The van der Waals surface area contributed by atoms with Gasteiger partial charge in [-0.25, -0.2) is 9.59 Å². The van der Waals surface area contributed by atoms with E-state index in [1.54, 1.807) is 0 Å². The molecule has 0 bridgehead atoms. The Balaban J connectivity index is 5.44. The van der Waals surface area contributed by atoms with Crippen LogP contribution < -0.4 is 5.32 Å². The summed E-state index contributed by atoms with van der Waals surface area (Å²) in [6.07, 6.45) is -13.9. The molecule has 0 saturated heterocycles. The summed E-state index contributed by atoms with van der Waals surface area (Å²) in [5, 5.41) is 0.728. The van der Waals surface area contributed by atoms with Gasteiger partial charge in [-0.15, -0.1) is 0 Å². The van der Waals surface area contributed by atoms with Gasteiger partial charge in [-0.3, -0.25) is 4.79 Å². The fourth-order valence-corrected chi connectivity index (χ4v) is 1.23. The lowest BCUT2D eigenvalue weighted by Gasteiger charge is -2.24. The zero-order chi connectivity index (χ0) is 22.7. The molecule has 0 aliphatic carbocycles. The van der Waals surface area contributed by atoms with Crippen molar-refractivity contribution in [2.45, 2.75) is 50.2 Å². The van der Waals surface area contributed by atoms with E-state index in [9.17, 15) is 58.3 Å². The van der Waals surface area contributed by atoms with Crippen LogP contribution in [0.4, 0.5) is 43.9 Å². The number of hydrogen-bond donors (Lipinski definition) is 1. The Bertz CT molecular complexity index is 599. The van der Waals surface area contributed by atoms with Crippen LogP contribution in [0.15, 0.2) is 0 Å². The first-order valence-corrected chi connectivity index (χ1v) is 6.83. The summed E-state index contributed by atoms with van der Waals surface area (Å²) in [4.78, 5) is 33.4. The van der Waals surface area contributed by atoms with E-state index < -0.39 is 60.8 Å². The highest BCUT2D eigenvalue weighted by molar-refractivity contribution is 5.89. The molecule has 0 aromatic carbocycles. The average Bonchev–Trinajstić information content (AvgIpc) is 2.47. The van der Waals surface area contributed by atoms with Crippen LogP contribution in [0.5, 0.6) is 0 Å². The van der Waals surface area contributed by atoms with Crippen molar-refractivity contribution in [2.75, 3.05) is 6.61 Å². The number of ether oxygens (including phenoxy) is 2. The Morgan fingerprint density at radius 3 is 1.61 bits per heavy atom. The molecule has 0 aliphatic rings. The number of carbonyl (C=O) groups is 3. The van der Waals surface area contributed by atoms with Crippen molar-refractivity contribution in [1.82, 2.24) is 5.32 Å². The minimum atomic E-state index is -6.43. The van der Waals surface area contributed by atoms with E-state index in [0.717, 1.165) is 19.2 Å².